The summed E-state index contributed by atoms with van der Waals surface area (Å²) in [5, 5.41) is 3.84. The Morgan fingerprint density at radius 3 is 2.88 bits per heavy atom. The highest BCUT2D eigenvalue weighted by Gasteiger charge is 2.09. The Morgan fingerprint density at radius 2 is 2.29 bits per heavy atom. The SMILES string of the molecule is COC(=O)/C(=C/c1ccccc1Cl)CN=[N+]=[N-]. The van der Waals surface area contributed by atoms with Crippen LogP contribution in [-0.2, 0) is 9.53 Å². The summed E-state index contributed by atoms with van der Waals surface area (Å²) >= 11 is 5.95. The molecule has 0 saturated carbocycles. The molecule has 0 saturated heterocycles. The van der Waals surface area contributed by atoms with E-state index >= 15 is 0 Å². The molecule has 0 amide bonds. The predicted molar refractivity (Wildman–Crippen MR) is 65.5 cm³/mol. The molecule has 88 valence electrons. The summed E-state index contributed by atoms with van der Waals surface area (Å²) in [4.78, 5) is 14.0. The molecular formula is C11H10ClN3O2. The molecule has 0 fully saturated rings. The van der Waals surface area contributed by atoms with Crippen LogP contribution in [0.1, 0.15) is 5.56 Å². The van der Waals surface area contributed by atoms with E-state index < -0.39 is 5.97 Å². The molecule has 0 bridgehead atoms. The molecule has 0 heterocycles. The number of carbonyl (C=O) groups is 1. The minimum absolute atomic E-state index is 0.0750. The van der Waals surface area contributed by atoms with Crippen LogP contribution in [0, 0.1) is 0 Å². The van der Waals surface area contributed by atoms with Crippen molar-refractivity contribution in [2.75, 3.05) is 13.7 Å². The van der Waals surface area contributed by atoms with Gasteiger partial charge in [-0.25, -0.2) is 4.79 Å². The zero-order chi connectivity index (χ0) is 12.7. The fourth-order valence-corrected chi connectivity index (χ4v) is 1.38. The van der Waals surface area contributed by atoms with Crippen LogP contribution < -0.4 is 0 Å². The maximum Gasteiger partial charge on any atom is 0.333 e. The number of esters is 1. The maximum absolute atomic E-state index is 11.4. The van der Waals surface area contributed by atoms with Crippen LogP contribution in [0.25, 0.3) is 16.5 Å². The number of ether oxygens (including phenoxy) is 1. The second-order valence-corrected chi connectivity index (χ2v) is 3.48. The second-order valence-electron chi connectivity index (χ2n) is 3.07. The summed E-state index contributed by atoms with van der Waals surface area (Å²) in [5.74, 6) is -0.544. The van der Waals surface area contributed by atoms with Gasteiger partial charge in [0.15, 0.2) is 0 Å². The minimum Gasteiger partial charge on any atom is -0.466 e. The van der Waals surface area contributed by atoms with Gasteiger partial charge in [0.05, 0.1) is 13.7 Å². The normalized spacial score (nSPS) is 10.6. The molecule has 1 aromatic rings. The zero-order valence-corrected chi connectivity index (χ0v) is 9.89. The molecule has 17 heavy (non-hydrogen) atoms. The van der Waals surface area contributed by atoms with Crippen molar-refractivity contribution in [1.29, 1.82) is 0 Å². The van der Waals surface area contributed by atoms with Gasteiger partial charge >= 0.3 is 5.97 Å². The molecule has 0 aliphatic rings. The lowest BCUT2D eigenvalue weighted by Gasteiger charge is -2.03. The number of methoxy groups -OCH3 is 1. The number of azide groups is 1. The van der Waals surface area contributed by atoms with Gasteiger partial charge in [0, 0.05) is 15.5 Å². The van der Waals surface area contributed by atoms with E-state index in [1.165, 1.54) is 7.11 Å². The molecule has 0 atom stereocenters. The van der Waals surface area contributed by atoms with Gasteiger partial charge in [-0.2, -0.15) is 0 Å². The van der Waals surface area contributed by atoms with E-state index in [1.807, 2.05) is 0 Å². The van der Waals surface area contributed by atoms with Crippen molar-refractivity contribution in [3.63, 3.8) is 0 Å². The van der Waals surface area contributed by atoms with Gasteiger partial charge in [-0.05, 0) is 23.2 Å². The van der Waals surface area contributed by atoms with Crippen molar-refractivity contribution in [2.24, 2.45) is 5.11 Å². The maximum atomic E-state index is 11.4. The summed E-state index contributed by atoms with van der Waals surface area (Å²) in [5.41, 5.74) is 9.16. The van der Waals surface area contributed by atoms with Crippen molar-refractivity contribution >= 4 is 23.6 Å². The summed E-state index contributed by atoms with van der Waals surface area (Å²) in [6.07, 6.45) is 1.54. The highest BCUT2D eigenvalue weighted by Crippen LogP contribution is 2.18. The summed E-state index contributed by atoms with van der Waals surface area (Å²) in [6, 6.07) is 7.03. The lowest BCUT2D eigenvalue weighted by atomic mass is 10.1. The third-order valence-electron chi connectivity index (χ3n) is 1.99. The van der Waals surface area contributed by atoms with Crippen molar-refractivity contribution in [2.45, 2.75) is 0 Å². The number of benzene rings is 1. The van der Waals surface area contributed by atoms with Gasteiger partial charge in [-0.1, -0.05) is 34.9 Å². The molecular weight excluding hydrogens is 242 g/mol. The molecule has 0 spiro atoms. The monoisotopic (exact) mass is 251 g/mol. The fourth-order valence-electron chi connectivity index (χ4n) is 1.19. The molecule has 0 N–H and O–H groups in total. The van der Waals surface area contributed by atoms with Crippen molar-refractivity contribution < 1.29 is 9.53 Å². The van der Waals surface area contributed by atoms with Gasteiger partial charge in [-0.15, -0.1) is 0 Å². The van der Waals surface area contributed by atoms with E-state index in [1.54, 1.807) is 30.3 Å². The van der Waals surface area contributed by atoms with E-state index in [0.717, 1.165) is 0 Å². The molecule has 6 heteroatoms. The second kappa shape index (κ2) is 6.58. The third kappa shape index (κ3) is 3.83. The quantitative estimate of drug-likeness (QED) is 0.271. The lowest BCUT2D eigenvalue weighted by Crippen LogP contribution is -2.07. The number of nitrogens with zero attached hydrogens (tertiary/aromatic N) is 3. The van der Waals surface area contributed by atoms with E-state index in [-0.39, 0.29) is 12.1 Å². The van der Waals surface area contributed by atoms with Crippen LogP contribution in [0.4, 0.5) is 0 Å². The summed E-state index contributed by atoms with van der Waals surface area (Å²) in [6.45, 7) is -0.0750. The molecule has 0 aromatic heterocycles. The zero-order valence-electron chi connectivity index (χ0n) is 9.13. The molecule has 0 radical (unpaired) electrons. The van der Waals surface area contributed by atoms with Gasteiger partial charge in [0.1, 0.15) is 0 Å². The number of carbonyl (C=O) groups excluding carboxylic acids is 1. The highest BCUT2D eigenvalue weighted by atomic mass is 35.5. The van der Waals surface area contributed by atoms with Crippen LogP contribution in [-0.4, -0.2) is 19.6 Å². The molecule has 0 unspecified atom stereocenters. The Kier molecular flexibility index (Phi) is 5.07. The smallest absolute Gasteiger partial charge is 0.333 e. The molecule has 0 aliphatic carbocycles. The molecule has 5 nitrogen and oxygen atoms in total. The van der Waals surface area contributed by atoms with Crippen LogP contribution in [0.2, 0.25) is 5.02 Å². The van der Waals surface area contributed by atoms with Gasteiger partial charge in [0.2, 0.25) is 0 Å². The van der Waals surface area contributed by atoms with Crippen LogP contribution in [0.15, 0.2) is 35.0 Å². The number of rotatable bonds is 4. The number of hydrogen-bond donors (Lipinski definition) is 0. The van der Waals surface area contributed by atoms with Gasteiger partial charge in [-0.3, -0.25) is 0 Å². The Bertz CT molecular complexity index is 493. The van der Waals surface area contributed by atoms with Crippen molar-refractivity contribution in [3.05, 3.63) is 50.9 Å². The summed E-state index contributed by atoms with van der Waals surface area (Å²) < 4.78 is 4.59. The Morgan fingerprint density at radius 1 is 1.59 bits per heavy atom. The minimum atomic E-state index is -0.544. The lowest BCUT2D eigenvalue weighted by molar-refractivity contribution is -0.136. The Hall–Kier alpha value is -1.97. The first kappa shape index (κ1) is 13.1. The van der Waals surface area contributed by atoms with Gasteiger partial charge in [0.25, 0.3) is 0 Å². The first-order chi connectivity index (χ1) is 8.19. The largest absolute Gasteiger partial charge is 0.466 e. The topological polar surface area (TPSA) is 75.1 Å². The first-order valence-corrected chi connectivity index (χ1v) is 5.11. The van der Waals surface area contributed by atoms with Crippen LogP contribution in [0.3, 0.4) is 0 Å². The number of hydrogen-bond acceptors (Lipinski definition) is 3. The van der Waals surface area contributed by atoms with Crippen LogP contribution in [0.5, 0.6) is 0 Å². The molecule has 0 aliphatic heterocycles. The van der Waals surface area contributed by atoms with E-state index in [2.05, 4.69) is 14.8 Å². The van der Waals surface area contributed by atoms with E-state index in [9.17, 15) is 4.79 Å². The average Bonchev–Trinajstić information content (AvgIpc) is 2.35. The molecule has 1 rings (SSSR count). The van der Waals surface area contributed by atoms with E-state index in [4.69, 9.17) is 17.1 Å². The van der Waals surface area contributed by atoms with Gasteiger partial charge < -0.3 is 4.74 Å². The standard InChI is InChI=1S/C11H10ClN3O2/c1-17-11(16)9(7-14-15-13)6-8-4-2-3-5-10(8)12/h2-6H,7H2,1H3/b9-6+. The highest BCUT2D eigenvalue weighted by molar-refractivity contribution is 6.32. The first-order valence-electron chi connectivity index (χ1n) is 4.73. The Balaban J connectivity index is 3.08. The molecule has 1 aromatic carbocycles. The average molecular weight is 252 g/mol. The third-order valence-corrected chi connectivity index (χ3v) is 2.33. The predicted octanol–water partition coefficient (Wildman–Crippen LogP) is 3.21. The van der Waals surface area contributed by atoms with Crippen molar-refractivity contribution in [1.82, 2.24) is 0 Å². The van der Waals surface area contributed by atoms with E-state index in [0.29, 0.717) is 10.6 Å². The summed E-state index contributed by atoms with van der Waals surface area (Å²) in [7, 11) is 1.26. The van der Waals surface area contributed by atoms with Crippen molar-refractivity contribution in [3.8, 4) is 0 Å². The number of halogens is 1. The fraction of sp³-hybridized carbons (Fsp3) is 0.182. The Labute approximate surface area is 103 Å². The van der Waals surface area contributed by atoms with Crippen LogP contribution >= 0.6 is 11.6 Å².